The predicted molar refractivity (Wildman–Crippen MR) is 123 cm³/mol. The van der Waals surface area contributed by atoms with Crippen LogP contribution in [0.15, 0.2) is 24.3 Å². The lowest BCUT2D eigenvalue weighted by Gasteiger charge is -2.18. The number of esters is 2. The van der Waals surface area contributed by atoms with Crippen molar-refractivity contribution < 1.29 is 19.1 Å². The zero-order valence-corrected chi connectivity index (χ0v) is 19.6. The molecule has 0 aliphatic carbocycles. The van der Waals surface area contributed by atoms with Gasteiger partial charge in [0.05, 0.1) is 11.8 Å². The minimum atomic E-state index is -0.218. The van der Waals surface area contributed by atoms with Crippen molar-refractivity contribution in [3.05, 3.63) is 24.3 Å². The lowest BCUT2D eigenvalue weighted by molar-refractivity contribution is -0.142. The average molecular weight is 419 g/mol. The van der Waals surface area contributed by atoms with Gasteiger partial charge in [-0.05, 0) is 37.8 Å². The summed E-state index contributed by atoms with van der Waals surface area (Å²) in [5.41, 5.74) is 0. The van der Waals surface area contributed by atoms with Gasteiger partial charge in [0.25, 0.3) is 0 Å². The van der Waals surface area contributed by atoms with Crippen LogP contribution in [0.25, 0.3) is 0 Å². The summed E-state index contributed by atoms with van der Waals surface area (Å²) in [5, 5.41) is 0. The quantitative estimate of drug-likeness (QED) is 0.158. The maximum absolute atomic E-state index is 12.8. The highest BCUT2D eigenvalue weighted by Crippen LogP contribution is 2.30. The Morgan fingerprint density at radius 2 is 1.03 bits per heavy atom. The van der Waals surface area contributed by atoms with E-state index < -0.39 is 0 Å². The van der Waals surface area contributed by atoms with Crippen LogP contribution in [0.4, 0.5) is 0 Å². The molecule has 0 spiro atoms. The van der Waals surface area contributed by atoms with Crippen LogP contribution in [0, 0.1) is 11.8 Å². The summed E-state index contributed by atoms with van der Waals surface area (Å²) in [6, 6.07) is 7.02. The predicted octanol–water partition coefficient (Wildman–Crippen LogP) is 7.49. The van der Waals surface area contributed by atoms with Crippen molar-refractivity contribution in [3.63, 3.8) is 0 Å². The second-order valence-electron chi connectivity index (χ2n) is 8.25. The number of ether oxygens (including phenoxy) is 2. The largest absolute Gasteiger partial charge is 0.422 e. The summed E-state index contributed by atoms with van der Waals surface area (Å²) in [6.07, 6.45) is 11.8. The summed E-state index contributed by atoms with van der Waals surface area (Å²) >= 11 is 0. The molecule has 1 aromatic carbocycles. The standard InChI is InChI=1S/C26H42O4/c1-5-9-11-17-21(15-7-3)25(27)29-23-19-13-14-20-24(23)30-26(28)22(16-8-4)18-12-10-6-2/h13-14,19-22H,5-12,15-18H2,1-4H3. The third kappa shape index (κ3) is 9.77. The minimum absolute atomic E-state index is 0.104. The van der Waals surface area contributed by atoms with E-state index in [1.807, 2.05) is 0 Å². The molecule has 170 valence electrons. The first-order valence-electron chi connectivity index (χ1n) is 12.1. The van der Waals surface area contributed by atoms with E-state index in [4.69, 9.17) is 9.47 Å². The summed E-state index contributed by atoms with van der Waals surface area (Å²) < 4.78 is 11.4. The van der Waals surface area contributed by atoms with Gasteiger partial charge in [-0.15, -0.1) is 0 Å². The Bertz CT molecular complexity index is 558. The highest BCUT2D eigenvalue weighted by atomic mass is 16.6. The normalized spacial score (nSPS) is 12.9. The van der Waals surface area contributed by atoms with E-state index >= 15 is 0 Å². The molecule has 1 aromatic rings. The summed E-state index contributed by atoms with van der Waals surface area (Å²) in [5.74, 6) is 0.0425. The van der Waals surface area contributed by atoms with Gasteiger partial charge in [0.2, 0.25) is 0 Å². The third-order valence-electron chi connectivity index (χ3n) is 5.52. The SMILES string of the molecule is CCCCCC(CCC)C(=O)Oc1ccccc1OC(=O)C(CCC)CCCCC. The number of para-hydroxylation sites is 2. The molecular formula is C26H42O4. The zero-order chi connectivity index (χ0) is 22.2. The highest BCUT2D eigenvalue weighted by molar-refractivity contribution is 5.78. The molecule has 0 heterocycles. The van der Waals surface area contributed by atoms with Gasteiger partial charge in [0.15, 0.2) is 11.5 Å². The van der Waals surface area contributed by atoms with Gasteiger partial charge in [0.1, 0.15) is 0 Å². The molecule has 0 aromatic heterocycles. The maximum Gasteiger partial charge on any atom is 0.314 e. The molecule has 0 aliphatic heterocycles. The van der Waals surface area contributed by atoms with Crippen molar-refractivity contribution in [2.45, 2.75) is 105 Å². The fraction of sp³-hybridized carbons (Fsp3) is 0.692. The Balaban J connectivity index is 2.81. The van der Waals surface area contributed by atoms with Crippen LogP contribution in [0.5, 0.6) is 11.5 Å². The molecule has 0 saturated carbocycles. The smallest absolute Gasteiger partial charge is 0.314 e. The van der Waals surface area contributed by atoms with Crippen molar-refractivity contribution in [1.82, 2.24) is 0 Å². The van der Waals surface area contributed by atoms with E-state index in [0.29, 0.717) is 11.5 Å². The molecule has 2 atom stereocenters. The van der Waals surface area contributed by atoms with Crippen LogP contribution in [0.3, 0.4) is 0 Å². The Labute approximate surface area is 183 Å². The average Bonchev–Trinajstić information content (AvgIpc) is 2.74. The number of unbranched alkanes of at least 4 members (excludes halogenated alkanes) is 4. The monoisotopic (exact) mass is 418 g/mol. The number of hydrogen-bond donors (Lipinski definition) is 0. The molecule has 0 saturated heterocycles. The van der Waals surface area contributed by atoms with Crippen molar-refractivity contribution in [2.24, 2.45) is 11.8 Å². The first-order valence-corrected chi connectivity index (χ1v) is 12.1. The van der Waals surface area contributed by atoms with Crippen molar-refractivity contribution >= 4 is 11.9 Å². The molecular weight excluding hydrogens is 376 g/mol. The fourth-order valence-corrected chi connectivity index (χ4v) is 3.74. The van der Waals surface area contributed by atoms with Gasteiger partial charge in [0, 0.05) is 0 Å². The first-order chi connectivity index (χ1) is 14.6. The number of rotatable bonds is 16. The Kier molecular flexibility index (Phi) is 13.9. The molecule has 4 heteroatoms. The van der Waals surface area contributed by atoms with Crippen LogP contribution in [0.1, 0.15) is 105 Å². The van der Waals surface area contributed by atoms with Crippen LogP contribution in [-0.4, -0.2) is 11.9 Å². The summed E-state index contributed by atoms with van der Waals surface area (Å²) in [6.45, 7) is 8.49. The Morgan fingerprint density at radius 1 is 0.633 bits per heavy atom. The van der Waals surface area contributed by atoms with Crippen molar-refractivity contribution in [1.29, 1.82) is 0 Å². The number of carbonyl (C=O) groups is 2. The van der Waals surface area contributed by atoms with Crippen molar-refractivity contribution in [3.8, 4) is 11.5 Å². The van der Waals surface area contributed by atoms with Crippen LogP contribution in [-0.2, 0) is 9.59 Å². The lowest BCUT2D eigenvalue weighted by atomic mass is 9.96. The second kappa shape index (κ2) is 15.9. The molecule has 1 rings (SSSR count). The van der Waals surface area contributed by atoms with Crippen molar-refractivity contribution in [2.75, 3.05) is 0 Å². The van der Waals surface area contributed by atoms with E-state index in [-0.39, 0.29) is 23.8 Å². The Morgan fingerprint density at radius 3 is 1.37 bits per heavy atom. The Hall–Kier alpha value is -1.84. The number of benzene rings is 1. The molecule has 30 heavy (non-hydrogen) atoms. The number of hydrogen-bond acceptors (Lipinski definition) is 4. The number of carbonyl (C=O) groups excluding carboxylic acids is 2. The summed E-state index contributed by atoms with van der Waals surface area (Å²) in [4.78, 5) is 25.6. The van der Waals surface area contributed by atoms with Gasteiger partial charge in [-0.1, -0.05) is 91.2 Å². The second-order valence-corrected chi connectivity index (χ2v) is 8.25. The van der Waals surface area contributed by atoms with Gasteiger partial charge in [-0.25, -0.2) is 0 Å². The maximum atomic E-state index is 12.8. The fourth-order valence-electron chi connectivity index (χ4n) is 3.74. The van der Waals surface area contributed by atoms with Gasteiger partial charge in [-0.2, -0.15) is 0 Å². The van der Waals surface area contributed by atoms with Crippen LogP contribution in [0.2, 0.25) is 0 Å². The van der Waals surface area contributed by atoms with Gasteiger partial charge in [-0.3, -0.25) is 9.59 Å². The van der Waals surface area contributed by atoms with Crippen LogP contribution >= 0.6 is 0 Å². The van der Waals surface area contributed by atoms with Gasteiger partial charge < -0.3 is 9.47 Å². The van der Waals surface area contributed by atoms with Crippen LogP contribution < -0.4 is 9.47 Å². The molecule has 2 unspecified atom stereocenters. The molecule has 0 bridgehead atoms. The molecule has 0 amide bonds. The van der Waals surface area contributed by atoms with E-state index in [2.05, 4.69) is 27.7 Å². The van der Waals surface area contributed by atoms with E-state index in [1.54, 1.807) is 24.3 Å². The van der Waals surface area contributed by atoms with E-state index in [9.17, 15) is 9.59 Å². The third-order valence-corrected chi connectivity index (χ3v) is 5.52. The lowest BCUT2D eigenvalue weighted by Crippen LogP contribution is -2.23. The molecule has 4 nitrogen and oxygen atoms in total. The highest BCUT2D eigenvalue weighted by Gasteiger charge is 2.24. The molecule has 0 fully saturated rings. The topological polar surface area (TPSA) is 52.6 Å². The molecule has 0 aliphatic rings. The molecule has 0 N–H and O–H groups in total. The first kappa shape index (κ1) is 26.2. The van der Waals surface area contributed by atoms with E-state index in [0.717, 1.165) is 77.0 Å². The minimum Gasteiger partial charge on any atom is -0.422 e. The van der Waals surface area contributed by atoms with Gasteiger partial charge >= 0.3 is 11.9 Å². The zero-order valence-electron chi connectivity index (χ0n) is 19.6. The van der Waals surface area contributed by atoms with E-state index in [1.165, 1.54) is 0 Å². The summed E-state index contributed by atoms with van der Waals surface area (Å²) in [7, 11) is 0. The molecule has 0 radical (unpaired) electrons.